The van der Waals surface area contributed by atoms with E-state index >= 15 is 0 Å². The first-order chi connectivity index (χ1) is 6.83. The summed E-state index contributed by atoms with van der Waals surface area (Å²) < 4.78 is 77.3. The maximum atomic E-state index is 11.8. The average molecular weight is 252 g/mol. The molecule has 0 aromatic carbocycles. The van der Waals surface area contributed by atoms with E-state index < -0.39 is 19.9 Å². The van der Waals surface area contributed by atoms with E-state index in [2.05, 4.69) is 9.05 Å². The second-order valence-corrected chi connectivity index (χ2v) is 4.08. The van der Waals surface area contributed by atoms with E-state index in [4.69, 9.17) is 0 Å². The molecule has 9 heteroatoms. The van der Waals surface area contributed by atoms with Gasteiger partial charge in [0.05, 0.1) is 0 Å². The van der Waals surface area contributed by atoms with Crippen LogP contribution >= 0.6 is 7.60 Å². The highest BCUT2D eigenvalue weighted by Gasteiger charge is 2.42. The Morgan fingerprint density at radius 1 is 1.07 bits per heavy atom. The minimum atomic E-state index is -4.84. The predicted octanol–water partition coefficient (Wildman–Crippen LogP) is 3.66. The van der Waals surface area contributed by atoms with Gasteiger partial charge in [-0.05, 0) is 0 Å². The molecule has 0 aliphatic rings. The topological polar surface area (TPSA) is 35.5 Å². The van der Waals surface area contributed by atoms with Crippen LogP contribution in [0.4, 0.5) is 22.0 Å². The molecule has 0 saturated carbocycles. The van der Waals surface area contributed by atoms with Crippen LogP contribution in [0.1, 0.15) is 0 Å². The summed E-state index contributed by atoms with van der Waals surface area (Å²) in [5.74, 6) is 0. The van der Waals surface area contributed by atoms with Crippen LogP contribution in [0.3, 0.4) is 0 Å². The van der Waals surface area contributed by atoms with Crippen molar-refractivity contribution in [3.8, 4) is 0 Å². The van der Waals surface area contributed by atoms with Crippen LogP contribution in [0.15, 0.2) is 25.2 Å². The normalized spacial score (nSPS) is 16.9. The minimum Gasteiger partial charge on any atom is -0.421 e. The largest absolute Gasteiger partial charge is 0.438 e. The quantitative estimate of drug-likeness (QED) is 0.425. The number of halogens is 5. The Morgan fingerprint density at radius 2 is 1.47 bits per heavy atom. The van der Waals surface area contributed by atoms with E-state index in [1.807, 2.05) is 0 Å². The van der Waals surface area contributed by atoms with Crippen molar-refractivity contribution in [3.05, 3.63) is 25.2 Å². The van der Waals surface area contributed by atoms with Crippen molar-refractivity contribution in [3.63, 3.8) is 0 Å². The van der Waals surface area contributed by atoms with Gasteiger partial charge < -0.3 is 9.05 Å². The summed E-state index contributed by atoms with van der Waals surface area (Å²) in [4.78, 5) is 0. The third-order valence-corrected chi connectivity index (χ3v) is 2.55. The first-order valence-corrected chi connectivity index (χ1v) is 5.09. The standard InChI is InChI=1S/C6H6F5O3P/c7-1-3-13-15(12,14-4-2-8)5-6(9,10)11/h1-4H,5H2. The van der Waals surface area contributed by atoms with Crippen molar-refractivity contribution < 1.29 is 35.6 Å². The van der Waals surface area contributed by atoms with Crippen LogP contribution in [-0.4, -0.2) is 12.3 Å². The lowest BCUT2D eigenvalue weighted by atomic mass is 10.8. The highest BCUT2D eigenvalue weighted by Crippen LogP contribution is 2.52. The molecule has 0 unspecified atom stereocenters. The summed E-state index contributed by atoms with van der Waals surface area (Å²) in [5.41, 5.74) is 0. The lowest BCUT2D eigenvalue weighted by Gasteiger charge is -2.16. The molecule has 0 amide bonds. The van der Waals surface area contributed by atoms with Gasteiger partial charge in [0.1, 0.15) is 25.2 Å². The molecule has 15 heavy (non-hydrogen) atoms. The van der Waals surface area contributed by atoms with Gasteiger partial charge in [0.2, 0.25) is 0 Å². The lowest BCUT2D eigenvalue weighted by molar-refractivity contribution is -0.109. The van der Waals surface area contributed by atoms with E-state index in [-0.39, 0.29) is 25.2 Å². The molecule has 0 N–H and O–H groups in total. The summed E-state index contributed by atoms with van der Waals surface area (Å²) in [6.45, 7) is 0. The summed E-state index contributed by atoms with van der Waals surface area (Å²) in [6.07, 6.45) is -7.09. The van der Waals surface area contributed by atoms with Gasteiger partial charge in [-0.15, -0.1) is 0 Å². The monoisotopic (exact) mass is 252 g/mol. The summed E-state index contributed by atoms with van der Waals surface area (Å²) in [6, 6.07) is 0. The van der Waals surface area contributed by atoms with Crippen molar-refractivity contribution in [1.82, 2.24) is 0 Å². The zero-order chi connectivity index (χ0) is 11.9. The van der Waals surface area contributed by atoms with Crippen LogP contribution < -0.4 is 0 Å². The van der Waals surface area contributed by atoms with Crippen LogP contribution in [-0.2, 0) is 13.6 Å². The van der Waals surface area contributed by atoms with Gasteiger partial charge in [-0.25, -0.2) is 13.3 Å². The molecule has 0 atom stereocenters. The summed E-state index contributed by atoms with van der Waals surface area (Å²) in [5, 5.41) is 0. The highest BCUT2D eigenvalue weighted by molar-refractivity contribution is 7.54. The van der Waals surface area contributed by atoms with Gasteiger partial charge in [-0.1, -0.05) is 0 Å². The molecule has 0 aromatic rings. The SMILES string of the molecule is O=P(CC(F)(F)F)(OC=CF)OC=CF. The van der Waals surface area contributed by atoms with Crippen molar-refractivity contribution in [1.29, 1.82) is 0 Å². The summed E-state index contributed by atoms with van der Waals surface area (Å²) >= 11 is 0. The Kier molecular flexibility index (Phi) is 5.35. The zero-order valence-electron chi connectivity index (χ0n) is 7.08. The van der Waals surface area contributed by atoms with Gasteiger partial charge in [-0.2, -0.15) is 13.2 Å². The van der Waals surface area contributed by atoms with Gasteiger partial charge in [0, 0.05) is 0 Å². The number of hydrogen-bond donors (Lipinski definition) is 0. The minimum absolute atomic E-state index is 0.124. The fourth-order valence-corrected chi connectivity index (χ4v) is 1.65. The molecule has 0 bridgehead atoms. The second-order valence-electron chi connectivity index (χ2n) is 2.12. The average Bonchev–Trinajstić information content (AvgIpc) is 2.09. The lowest BCUT2D eigenvalue weighted by Crippen LogP contribution is -2.15. The molecular formula is C6H6F5O3P. The Balaban J connectivity index is 4.62. The first kappa shape index (κ1) is 14.0. The molecule has 3 nitrogen and oxygen atoms in total. The molecule has 0 aliphatic heterocycles. The van der Waals surface area contributed by atoms with E-state index in [0.717, 1.165) is 0 Å². The predicted molar refractivity (Wildman–Crippen MR) is 41.2 cm³/mol. The first-order valence-electron chi connectivity index (χ1n) is 3.36. The molecule has 0 rings (SSSR count). The molecule has 0 radical (unpaired) electrons. The Bertz CT molecular complexity index is 267. The van der Waals surface area contributed by atoms with Crippen molar-refractivity contribution >= 4 is 7.60 Å². The molecule has 0 spiro atoms. The number of hydrogen-bond acceptors (Lipinski definition) is 3. The van der Waals surface area contributed by atoms with Crippen molar-refractivity contribution in [2.75, 3.05) is 6.16 Å². The fourth-order valence-electron chi connectivity index (χ4n) is 0.550. The Labute approximate surface area is 81.7 Å². The Morgan fingerprint density at radius 3 is 1.73 bits per heavy atom. The van der Waals surface area contributed by atoms with Crippen LogP contribution in [0.5, 0.6) is 0 Å². The molecule has 0 aromatic heterocycles. The zero-order valence-corrected chi connectivity index (χ0v) is 7.97. The smallest absolute Gasteiger partial charge is 0.421 e. The molecule has 88 valence electrons. The van der Waals surface area contributed by atoms with Gasteiger partial charge >= 0.3 is 13.8 Å². The second kappa shape index (κ2) is 5.75. The van der Waals surface area contributed by atoms with Crippen molar-refractivity contribution in [2.24, 2.45) is 0 Å². The van der Waals surface area contributed by atoms with Crippen LogP contribution in [0.2, 0.25) is 0 Å². The van der Waals surface area contributed by atoms with Gasteiger partial charge in [-0.3, -0.25) is 0 Å². The maximum Gasteiger partial charge on any atom is 0.438 e. The van der Waals surface area contributed by atoms with Gasteiger partial charge in [0.15, 0.2) is 6.16 Å². The fraction of sp³-hybridized carbons (Fsp3) is 0.333. The molecular weight excluding hydrogens is 246 g/mol. The van der Waals surface area contributed by atoms with E-state index in [0.29, 0.717) is 0 Å². The summed E-state index contributed by atoms with van der Waals surface area (Å²) in [7, 11) is -4.65. The molecule has 0 aliphatic carbocycles. The highest BCUT2D eigenvalue weighted by atomic mass is 31.2. The Hall–Kier alpha value is -1.04. The van der Waals surface area contributed by atoms with Gasteiger partial charge in [0.25, 0.3) is 0 Å². The third kappa shape index (κ3) is 6.96. The van der Waals surface area contributed by atoms with Crippen LogP contribution in [0.25, 0.3) is 0 Å². The number of alkyl halides is 3. The van der Waals surface area contributed by atoms with Crippen molar-refractivity contribution in [2.45, 2.75) is 6.18 Å². The van der Waals surface area contributed by atoms with Crippen LogP contribution in [0, 0.1) is 0 Å². The number of rotatable bonds is 5. The molecule has 0 saturated heterocycles. The maximum absolute atomic E-state index is 11.8. The van der Waals surface area contributed by atoms with E-state index in [1.54, 1.807) is 0 Å². The molecule has 0 heterocycles. The third-order valence-electron chi connectivity index (χ3n) is 0.919. The molecule has 0 fully saturated rings. The van der Waals surface area contributed by atoms with E-state index in [1.165, 1.54) is 0 Å². The van der Waals surface area contributed by atoms with E-state index in [9.17, 15) is 26.5 Å².